The van der Waals surface area contributed by atoms with E-state index in [-0.39, 0.29) is 12.0 Å². The number of nitrogens with two attached hydrogens (primary N) is 1. The molecule has 2 aliphatic rings. The minimum atomic E-state index is -0.437. The normalized spacial score (nSPS) is 22.3. The molecule has 3 rings (SSSR count). The summed E-state index contributed by atoms with van der Waals surface area (Å²) in [4.78, 5) is 2.29. The zero-order valence-corrected chi connectivity index (χ0v) is 16.3. The van der Waals surface area contributed by atoms with Crippen LogP contribution >= 0.6 is 9.24 Å². The Hall–Kier alpha value is -1.09. The number of fused-ring (bicyclic) bond motifs is 1. The van der Waals surface area contributed by atoms with Crippen molar-refractivity contribution in [2.45, 2.75) is 51.7 Å². The van der Waals surface area contributed by atoms with E-state index in [1.165, 1.54) is 40.6 Å². The van der Waals surface area contributed by atoms with Gasteiger partial charge in [0, 0.05) is 43.1 Å². The molecule has 0 saturated heterocycles. The predicted molar refractivity (Wildman–Crippen MR) is 106 cm³/mol. The number of rotatable bonds is 5. The second kappa shape index (κ2) is 6.67. The van der Waals surface area contributed by atoms with Crippen LogP contribution in [0.15, 0.2) is 17.8 Å². The highest BCUT2D eigenvalue weighted by Gasteiger charge is 2.30. The fourth-order valence-corrected chi connectivity index (χ4v) is 4.54. The molecule has 5 heteroatoms. The van der Waals surface area contributed by atoms with Crippen LogP contribution < -0.4 is 21.3 Å². The molecule has 24 heavy (non-hydrogen) atoms. The van der Waals surface area contributed by atoms with Crippen LogP contribution in [-0.2, 0) is 0 Å². The fraction of sp³-hybridized carbons (Fsp3) is 0.579. The molecule has 1 aromatic rings. The molecule has 0 aromatic heterocycles. The molecule has 132 valence electrons. The van der Waals surface area contributed by atoms with E-state index in [1.54, 1.807) is 0 Å². The third kappa shape index (κ3) is 3.20. The van der Waals surface area contributed by atoms with E-state index in [1.807, 2.05) is 13.1 Å². The molecular formula is C19H30N3OP. The zero-order valence-electron chi connectivity index (χ0n) is 15.1. The first kappa shape index (κ1) is 17.7. The Bertz CT molecular complexity index is 667. The van der Waals surface area contributed by atoms with E-state index in [2.05, 4.69) is 46.4 Å². The van der Waals surface area contributed by atoms with Crippen molar-refractivity contribution < 1.29 is 5.11 Å². The molecule has 1 saturated carbocycles. The maximum absolute atomic E-state index is 9.98. The molecule has 4 nitrogen and oxygen atoms in total. The molecule has 1 fully saturated rings. The Morgan fingerprint density at radius 3 is 2.71 bits per heavy atom. The molecule has 0 bridgehead atoms. The lowest BCUT2D eigenvalue weighted by Gasteiger charge is -2.33. The van der Waals surface area contributed by atoms with Gasteiger partial charge in [0.25, 0.3) is 0 Å². The van der Waals surface area contributed by atoms with Crippen LogP contribution in [0.1, 0.15) is 43.7 Å². The smallest absolute Gasteiger partial charge is 0.0744 e. The minimum Gasteiger partial charge on any atom is -0.389 e. The van der Waals surface area contributed by atoms with E-state index in [4.69, 9.17) is 5.73 Å². The maximum atomic E-state index is 9.98. The number of likely N-dealkylation sites (N-methyl/N-ethyl adjacent to an activating group) is 1. The van der Waals surface area contributed by atoms with E-state index < -0.39 is 6.10 Å². The summed E-state index contributed by atoms with van der Waals surface area (Å²) in [7, 11) is 5.01. The van der Waals surface area contributed by atoms with Gasteiger partial charge < -0.3 is 21.1 Å². The van der Waals surface area contributed by atoms with Gasteiger partial charge in [-0.2, -0.15) is 0 Å². The topological polar surface area (TPSA) is 61.5 Å². The van der Waals surface area contributed by atoms with Gasteiger partial charge in [-0.05, 0) is 60.7 Å². The van der Waals surface area contributed by atoms with Crippen molar-refractivity contribution in [2.24, 2.45) is 11.7 Å². The number of aliphatic hydroxyl groups excluding tert-OH is 1. The van der Waals surface area contributed by atoms with Crippen LogP contribution in [0.4, 0.5) is 11.4 Å². The first-order valence-corrected chi connectivity index (χ1v) is 9.43. The van der Waals surface area contributed by atoms with Gasteiger partial charge in [0.2, 0.25) is 0 Å². The van der Waals surface area contributed by atoms with Gasteiger partial charge in [0.15, 0.2) is 0 Å². The lowest BCUT2D eigenvalue weighted by Crippen LogP contribution is -2.38. The quantitative estimate of drug-likeness (QED) is 0.716. The van der Waals surface area contributed by atoms with Crippen LogP contribution in [0, 0.1) is 12.8 Å². The van der Waals surface area contributed by atoms with Gasteiger partial charge in [-0.3, -0.25) is 0 Å². The third-order valence-corrected chi connectivity index (χ3v) is 5.97. The third-order valence-electron chi connectivity index (χ3n) is 5.53. The molecule has 4 N–H and O–H groups in total. The number of hydrogen-bond acceptors (Lipinski definition) is 4. The number of nitrogens with zero attached hydrogens (tertiary/aromatic N) is 1. The second-order valence-electron chi connectivity index (χ2n) is 7.47. The molecule has 1 aromatic carbocycles. The molecule has 1 aliphatic carbocycles. The number of aliphatic hydroxyl groups is 1. The van der Waals surface area contributed by atoms with Crippen LogP contribution in [0.3, 0.4) is 0 Å². The summed E-state index contributed by atoms with van der Waals surface area (Å²) < 4.78 is 0. The highest BCUT2D eigenvalue weighted by molar-refractivity contribution is 7.28. The zero-order chi connectivity index (χ0) is 17.6. The van der Waals surface area contributed by atoms with E-state index in [0.29, 0.717) is 5.92 Å². The van der Waals surface area contributed by atoms with Gasteiger partial charge in [0.1, 0.15) is 0 Å². The molecule has 0 spiro atoms. The lowest BCUT2D eigenvalue weighted by molar-refractivity contribution is 0.224. The molecule has 0 amide bonds. The predicted octanol–water partition coefficient (Wildman–Crippen LogP) is 2.46. The van der Waals surface area contributed by atoms with Gasteiger partial charge >= 0.3 is 0 Å². The standard InChI is InChI=1S/C19H30N3OP/c1-10-14-7-17(24)19(22(4)9-16(20)13-5-6-13)11(2)18(14)21-8-15(10)12(3)23/h7-8,10,12-13,16,21,23H,5-6,9,20,24H2,1-4H3. The van der Waals surface area contributed by atoms with Crippen molar-refractivity contribution in [3.8, 4) is 0 Å². The Kier molecular flexibility index (Phi) is 4.92. The molecule has 1 heterocycles. The number of hydrogen-bond donors (Lipinski definition) is 3. The molecule has 4 unspecified atom stereocenters. The van der Waals surface area contributed by atoms with Gasteiger partial charge in [-0.15, -0.1) is 9.24 Å². The van der Waals surface area contributed by atoms with Gasteiger partial charge in [0.05, 0.1) is 6.10 Å². The van der Waals surface area contributed by atoms with Crippen molar-refractivity contribution >= 4 is 25.9 Å². The highest BCUT2D eigenvalue weighted by Crippen LogP contribution is 2.40. The van der Waals surface area contributed by atoms with Crippen molar-refractivity contribution in [1.29, 1.82) is 0 Å². The minimum absolute atomic E-state index is 0.215. The summed E-state index contributed by atoms with van der Waals surface area (Å²) in [5, 5.41) is 14.6. The average Bonchev–Trinajstić information content (AvgIpc) is 3.32. The summed E-state index contributed by atoms with van der Waals surface area (Å²) in [6.07, 6.45) is 4.08. The molecule has 1 aliphatic heterocycles. The van der Waals surface area contributed by atoms with Crippen molar-refractivity contribution in [2.75, 3.05) is 23.8 Å². The summed E-state index contributed by atoms with van der Waals surface area (Å²) in [6.45, 7) is 7.04. The van der Waals surface area contributed by atoms with Gasteiger partial charge in [-0.25, -0.2) is 0 Å². The molecule has 4 atom stereocenters. The van der Waals surface area contributed by atoms with Crippen molar-refractivity contribution in [3.63, 3.8) is 0 Å². The van der Waals surface area contributed by atoms with Crippen molar-refractivity contribution in [1.82, 2.24) is 0 Å². The summed E-state index contributed by atoms with van der Waals surface area (Å²) in [5.74, 6) is 0.917. The average molecular weight is 347 g/mol. The number of anilines is 2. The van der Waals surface area contributed by atoms with Gasteiger partial charge in [-0.1, -0.05) is 6.92 Å². The largest absolute Gasteiger partial charge is 0.389 e. The lowest BCUT2D eigenvalue weighted by atomic mass is 9.85. The number of benzene rings is 1. The van der Waals surface area contributed by atoms with Crippen LogP contribution in [0.5, 0.6) is 0 Å². The Morgan fingerprint density at radius 2 is 2.12 bits per heavy atom. The monoisotopic (exact) mass is 347 g/mol. The second-order valence-corrected chi connectivity index (χ2v) is 8.09. The van der Waals surface area contributed by atoms with Crippen LogP contribution in [0.2, 0.25) is 0 Å². The van der Waals surface area contributed by atoms with Crippen LogP contribution in [0.25, 0.3) is 0 Å². The Balaban J connectivity index is 1.92. The summed E-state index contributed by atoms with van der Waals surface area (Å²) >= 11 is 0. The first-order valence-electron chi connectivity index (χ1n) is 8.85. The fourth-order valence-electron chi connectivity index (χ4n) is 3.92. The molecule has 0 radical (unpaired) electrons. The highest BCUT2D eigenvalue weighted by atomic mass is 31.0. The Morgan fingerprint density at radius 1 is 1.46 bits per heavy atom. The number of nitrogens with one attached hydrogen (secondary N) is 1. The van der Waals surface area contributed by atoms with E-state index in [9.17, 15) is 5.11 Å². The van der Waals surface area contributed by atoms with Crippen molar-refractivity contribution in [3.05, 3.63) is 29.0 Å². The summed E-state index contributed by atoms with van der Waals surface area (Å²) in [6, 6.07) is 2.48. The first-order chi connectivity index (χ1) is 11.3. The Labute approximate surface area is 147 Å². The van der Waals surface area contributed by atoms with E-state index in [0.717, 1.165) is 12.1 Å². The maximum Gasteiger partial charge on any atom is 0.0744 e. The summed E-state index contributed by atoms with van der Waals surface area (Å²) in [5.41, 5.74) is 12.3. The van der Waals surface area contributed by atoms with E-state index >= 15 is 0 Å². The van der Waals surface area contributed by atoms with Crippen LogP contribution in [-0.4, -0.2) is 30.8 Å². The SMILES string of the molecule is Cc1c2c(cc(P)c1N(C)CC(N)C1CC1)C(C)C(C(C)O)=CN2. The molecular weight excluding hydrogens is 317 g/mol.